The van der Waals surface area contributed by atoms with Crippen molar-refractivity contribution in [1.29, 1.82) is 0 Å². The number of pyridine rings is 2. The number of fused-ring (bicyclic) bond motifs is 1. The molecule has 4 heterocycles. The molecule has 0 N–H and O–H groups in total. The summed E-state index contributed by atoms with van der Waals surface area (Å²) in [6.45, 7) is 6.62. The van der Waals surface area contributed by atoms with Crippen LogP contribution in [0.15, 0.2) is 48.8 Å². The van der Waals surface area contributed by atoms with Crippen LogP contribution in [0.4, 0.5) is 8.78 Å². The highest BCUT2D eigenvalue weighted by molar-refractivity contribution is 5.89. The molecule has 170 valence electrons. The van der Waals surface area contributed by atoms with E-state index in [1.54, 1.807) is 12.3 Å². The summed E-state index contributed by atoms with van der Waals surface area (Å²) in [6, 6.07) is 9.31. The molecule has 0 spiro atoms. The van der Waals surface area contributed by atoms with Gasteiger partial charge in [0, 0.05) is 36.3 Å². The number of halogens is 2. The van der Waals surface area contributed by atoms with E-state index in [2.05, 4.69) is 32.1 Å². The summed E-state index contributed by atoms with van der Waals surface area (Å²) in [7, 11) is 0. The second-order valence-corrected chi connectivity index (χ2v) is 8.13. The third-order valence-corrected chi connectivity index (χ3v) is 5.65. The molecule has 4 aromatic rings. The Bertz CT molecular complexity index is 1270. The molecule has 0 amide bonds. The summed E-state index contributed by atoms with van der Waals surface area (Å²) in [5, 5.41) is 0. The van der Waals surface area contributed by atoms with Gasteiger partial charge in [-0.2, -0.15) is 0 Å². The van der Waals surface area contributed by atoms with Crippen LogP contribution in [0.25, 0.3) is 22.3 Å². The monoisotopic (exact) mass is 448 g/mol. The van der Waals surface area contributed by atoms with Gasteiger partial charge in [0.2, 0.25) is 0 Å². The van der Waals surface area contributed by atoms with Gasteiger partial charge in [0.1, 0.15) is 22.8 Å². The maximum atomic E-state index is 13.9. The van der Waals surface area contributed by atoms with E-state index in [0.717, 1.165) is 36.2 Å². The summed E-state index contributed by atoms with van der Waals surface area (Å²) in [5.41, 5.74) is 5.68. The van der Waals surface area contributed by atoms with Gasteiger partial charge in [-0.1, -0.05) is 0 Å². The van der Waals surface area contributed by atoms with E-state index in [9.17, 15) is 8.78 Å². The van der Waals surface area contributed by atoms with Crippen molar-refractivity contribution in [3.63, 3.8) is 0 Å². The standard InChI is InChI=1S/C15H11F2N3.C11H15NO/c1-8-9(2)20-15-13(19-8)5-6-18-14(15)11-4-3-10(16)7-12(11)17;1-9-8-10(5-6-12-9)11-4-2-3-7-13-11/h3-7H,1-2H3;5-6,8,11H,2-4,7H2,1H3. The number of aromatic nitrogens is 4. The number of hydrogen-bond acceptors (Lipinski definition) is 5. The Kier molecular flexibility index (Phi) is 6.99. The number of aryl methyl sites for hydroxylation is 3. The van der Waals surface area contributed by atoms with Crippen LogP contribution in [0, 0.1) is 32.4 Å². The van der Waals surface area contributed by atoms with Crippen LogP contribution >= 0.6 is 0 Å². The van der Waals surface area contributed by atoms with E-state index < -0.39 is 11.6 Å². The molecule has 0 radical (unpaired) electrons. The third-order valence-electron chi connectivity index (χ3n) is 5.65. The van der Waals surface area contributed by atoms with Gasteiger partial charge < -0.3 is 4.74 Å². The second kappa shape index (κ2) is 10.1. The maximum Gasteiger partial charge on any atom is 0.135 e. The Morgan fingerprint density at radius 3 is 2.39 bits per heavy atom. The minimum absolute atomic E-state index is 0.217. The van der Waals surface area contributed by atoms with Crippen molar-refractivity contribution in [3.05, 3.63) is 83.1 Å². The fourth-order valence-corrected chi connectivity index (χ4v) is 3.80. The molecule has 1 atom stereocenters. The van der Waals surface area contributed by atoms with Gasteiger partial charge in [-0.05, 0) is 75.9 Å². The lowest BCUT2D eigenvalue weighted by atomic mass is 10.0. The minimum Gasteiger partial charge on any atom is -0.374 e. The summed E-state index contributed by atoms with van der Waals surface area (Å²) < 4.78 is 32.6. The van der Waals surface area contributed by atoms with Gasteiger partial charge >= 0.3 is 0 Å². The topological polar surface area (TPSA) is 60.8 Å². The van der Waals surface area contributed by atoms with Crippen LogP contribution < -0.4 is 0 Å². The smallest absolute Gasteiger partial charge is 0.135 e. The SMILES string of the molecule is Cc1cc(C2CCCCO2)ccn1.Cc1nc2ccnc(-c3ccc(F)cc3F)c2nc1C. The molecule has 7 heteroatoms. The van der Waals surface area contributed by atoms with Crippen molar-refractivity contribution >= 4 is 11.0 Å². The van der Waals surface area contributed by atoms with Crippen LogP contribution in [0.3, 0.4) is 0 Å². The van der Waals surface area contributed by atoms with Gasteiger partial charge in [0.15, 0.2) is 0 Å². The molecule has 5 nitrogen and oxygen atoms in total. The van der Waals surface area contributed by atoms with Crippen LogP contribution in [-0.2, 0) is 4.74 Å². The molecule has 0 aliphatic carbocycles. The molecule has 33 heavy (non-hydrogen) atoms. The highest BCUT2D eigenvalue weighted by Crippen LogP contribution is 2.28. The molecule has 3 aromatic heterocycles. The molecule has 0 bridgehead atoms. The van der Waals surface area contributed by atoms with Crippen LogP contribution in [-0.4, -0.2) is 26.5 Å². The Morgan fingerprint density at radius 2 is 1.67 bits per heavy atom. The first-order valence-corrected chi connectivity index (χ1v) is 11.0. The van der Waals surface area contributed by atoms with Crippen molar-refractivity contribution in [3.8, 4) is 11.3 Å². The molecule has 1 saturated heterocycles. The molecular formula is C26H26F2N4O. The van der Waals surface area contributed by atoms with E-state index in [1.165, 1.54) is 30.5 Å². The van der Waals surface area contributed by atoms with Gasteiger partial charge in [0.25, 0.3) is 0 Å². The predicted molar refractivity (Wildman–Crippen MR) is 124 cm³/mol. The average Bonchev–Trinajstić information content (AvgIpc) is 2.81. The quantitative estimate of drug-likeness (QED) is 0.364. The molecule has 1 unspecified atom stereocenters. The van der Waals surface area contributed by atoms with E-state index in [0.29, 0.717) is 22.8 Å². The first kappa shape index (κ1) is 22.9. The zero-order chi connectivity index (χ0) is 23.4. The Balaban J connectivity index is 0.000000172. The second-order valence-electron chi connectivity index (χ2n) is 8.13. The molecule has 5 rings (SSSR count). The van der Waals surface area contributed by atoms with E-state index in [4.69, 9.17) is 4.74 Å². The highest BCUT2D eigenvalue weighted by Gasteiger charge is 2.16. The summed E-state index contributed by atoms with van der Waals surface area (Å²) in [5.74, 6) is -1.28. The summed E-state index contributed by atoms with van der Waals surface area (Å²) >= 11 is 0. The van der Waals surface area contributed by atoms with Crippen molar-refractivity contribution in [2.75, 3.05) is 6.61 Å². The largest absolute Gasteiger partial charge is 0.374 e. The molecule has 1 aliphatic heterocycles. The first-order valence-electron chi connectivity index (χ1n) is 11.0. The van der Waals surface area contributed by atoms with Gasteiger partial charge in [-0.3, -0.25) is 9.97 Å². The van der Waals surface area contributed by atoms with Crippen LogP contribution in [0.2, 0.25) is 0 Å². The Hall–Kier alpha value is -3.32. The number of benzene rings is 1. The average molecular weight is 449 g/mol. The molecule has 1 fully saturated rings. The minimum atomic E-state index is -0.662. The first-order chi connectivity index (χ1) is 15.9. The lowest BCUT2D eigenvalue weighted by Gasteiger charge is -2.22. The lowest BCUT2D eigenvalue weighted by Crippen LogP contribution is -2.11. The Labute approximate surface area is 191 Å². The lowest BCUT2D eigenvalue weighted by molar-refractivity contribution is 0.0149. The molecule has 1 aromatic carbocycles. The molecule has 0 saturated carbocycles. The van der Waals surface area contributed by atoms with E-state index in [-0.39, 0.29) is 5.56 Å². The fraction of sp³-hybridized carbons (Fsp3) is 0.308. The highest BCUT2D eigenvalue weighted by atomic mass is 19.1. The van der Waals surface area contributed by atoms with Gasteiger partial charge in [-0.15, -0.1) is 0 Å². The number of nitrogens with zero attached hydrogens (tertiary/aromatic N) is 4. The van der Waals surface area contributed by atoms with Crippen LogP contribution in [0.5, 0.6) is 0 Å². The van der Waals surface area contributed by atoms with Gasteiger partial charge in [-0.25, -0.2) is 18.7 Å². The summed E-state index contributed by atoms with van der Waals surface area (Å²) in [6.07, 6.45) is 7.37. The normalized spacial score (nSPS) is 15.7. The number of hydrogen-bond donors (Lipinski definition) is 0. The van der Waals surface area contributed by atoms with E-state index in [1.807, 2.05) is 27.0 Å². The molecular weight excluding hydrogens is 422 g/mol. The van der Waals surface area contributed by atoms with Crippen molar-refractivity contribution in [1.82, 2.24) is 19.9 Å². The van der Waals surface area contributed by atoms with Crippen LogP contribution in [0.1, 0.15) is 48.0 Å². The zero-order valence-corrected chi connectivity index (χ0v) is 19.0. The zero-order valence-electron chi connectivity index (χ0n) is 19.0. The van der Waals surface area contributed by atoms with Gasteiger partial charge in [0.05, 0.1) is 23.0 Å². The number of rotatable bonds is 2. The molecule has 1 aliphatic rings. The maximum absolute atomic E-state index is 13.9. The predicted octanol–water partition coefficient (Wildman–Crippen LogP) is 6.22. The third kappa shape index (κ3) is 5.37. The summed E-state index contributed by atoms with van der Waals surface area (Å²) in [4.78, 5) is 17.2. The fourth-order valence-electron chi connectivity index (χ4n) is 3.80. The van der Waals surface area contributed by atoms with Crippen molar-refractivity contribution < 1.29 is 13.5 Å². The van der Waals surface area contributed by atoms with Crippen molar-refractivity contribution in [2.45, 2.75) is 46.1 Å². The van der Waals surface area contributed by atoms with E-state index >= 15 is 0 Å². The van der Waals surface area contributed by atoms with Crippen molar-refractivity contribution in [2.24, 2.45) is 0 Å². The number of ether oxygens (including phenoxy) is 1. The Morgan fingerprint density at radius 1 is 0.879 bits per heavy atom.